The van der Waals surface area contributed by atoms with Crippen LogP contribution in [0.3, 0.4) is 0 Å². The van der Waals surface area contributed by atoms with Gasteiger partial charge in [-0.3, -0.25) is 0 Å². The maximum absolute atomic E-state index is 11.9. The van der Waals surface area contributed by atoms with Crippen LogP contribution in [0.5, 0.6) is 0 Å². The highest BCUT2D eigenvalue weighted by Crippen LogP contribution is 2.39. The Labute approximate surface area is 163 Å². The molecule has 2 fully saturated rings. The standard InChI is InChI=1S/C23H34N2O2/c1-16(14-17-8-6-5-7-9-17)20-15-21(20)24-18-10-12-19(13-11-18)25-22(26)27-23(2,3)4/h5-9,14,18-21,24H,10-13,15H2,1-4H3,(H,25,26)/b16-14+/t18-,19-,20-,21?/m1/s1. The normalized spacial score (nSPS) is 28.5. The Morgan fingerprint density at radius 1 is 1.07 bits per heavy atom. The number of amides is 1. The minimum absolute atomic E-state index is 0.243. The summed E-state index contributed by atoms with van der Waals surface area (Å²) in [6, 6.07) is 12.0. The average molecular weight is 371 g/mol. The number of hydrogen-bond donors (Lipinski definition) is 2. The number of nitrogens with one attached hydrogen (secondary N) is 2. The lowest BCUT2D eigenvalue weighted by Crippen LogP contribution is -2.44. The van der Waals surface area contributed by atoms with E-state index in [9.17, 15) is 4.79 Å². The molecule has 2 atom stereocenters. The van der Waals surface area contributed by atoms with Crippen LogP contribution in [-0.4, -0.2) is 29.8 Å². The summed E-state index contributed by atoms with van der Waals surface area (Å²) < 4.78 is 5.36. The molecule has 0 heterocycles. The van der Waals surface area contributed by atoms with Crippen molar-refractivity contribution in [1.82, 2.24) is 10.6 Å². The second-order valence-electron chi connectivity index (χ2n) is 9.11. The molecule has 2 aliphatic carbocycles. The lowest BCUT2D eigenvalue weighted by molar-refractivity contribution is 0.0489. The molecule has 1 amide bonds. The topological polar surface area (TPSA) is 50.4 Å². The van der Waals surface area contributed by atoms with Gasteiger partial charge in [-0.1, -0.05) is 42.0 Å². The molecule has 0 bridgehead atoms. The molecule has 0 aliphatic heterocycles. The highest BCUT2D eigenvalue weighted by molar-refractivity contribution is 5.68. The predicted molar refractivity (Wildman–Crippen MR) is 111 cm³/mol. The molecule has 27 heavy (non-hydrogen) atoms. The molecule has 4 nitrogen and oxygen atoms in total. The summed E-state index contributed by atoms with van der Waals surface area (Å²) in [5, 5.41) is 6.86. The zero-order valence-electron chi connectivity index (χ0n) is 17.1. The van der Waals surface area contributed by atoms with Crippen molar-refractivity contribution in [2.24, 2.45) is 5.92 Å². The van der Waals surface area contributed by atoms with Gasteiger partial charge in [-0.15, -0.1) is 0 Å². The van der Waals surface area contributed by atoms with Gasteiger partial charge in [0.05, 0.1) is 0 Å². The minimum atomic E-state index is -0.436. The minimum Gasteiger partial charge on any atom is -0.444 e. The van der Waals surface area contributed by atoms with Crippen LogP contribution >= 0.6 is 0 Å². The van der Waals surface area contributed by atoms with Crippen molar-refractivity contribution in [3.63, 3.8) is 0 Å². The first-order chi connectivity index (χ1) is 12.8. The maximum Gasteiger partial charge on any atom is 0.407 e. The molecule has 0 saturated heterocycles. The Morgan fingerprint density at radius 3 is 2.33 bits per heavy atom. The van der Waals surface area contributed by atoms with E-state index < -0.39 is 5.60 Å². The molecular weight excluding hydrogens is 336 g/mol. The Kier molecular flexibility index (Phi) is 6.25. The summed E-state index contributed by atoms with van der Waals surface area (Å²) in [6.45, 7) is 7.94. The molecule has 0 spiro atoms. The SMILES string of the molecule is C/C(=C\c1ccccc1)[C@H]1CC1N[C@H]1CC[C@H](NC(=O)OC(C)(C)C)CC1. The number of benzene rings is 1. The monoisotopic (exact) mass is 370 g/mol. The molecule has 2 saturated carbocycles. The summed E-state index contributed by atoms with van der Waals surface area (Å²) in [4.78, 5) is 11.9. The molecule has 148 valence electrons. The number of ether oxygens (including phenoxy) is 1. The van der Waals surface area contributed by atoms with Crippen molar-refractivity contribution in [2.75, 3.05) is 0 Å². The van der Waals surface area contributed by atoms with E-state index in [1.807, 2.05) is 20.8 Å². The zero-order valence-corrected chi connectivity index (χ0v) is 17.1. The predicted octanol–water partition coefficient (Wildman–Crippen LogP) is 4.90. The molecule has 1 unspecified atom stereocenters. The van der Waals surface area contributed by atoms with Crippen molar-refractivity contribution in [1.29, 1.82) is 0 Å². The first-order valence-corrected chi connectivity index (χ1v) is 10.3. The number of hydrogen-bond acceptors (Lipinski definition) is 3. The van der Waals surface area contributed by atoms with Crippen LogP contribution in [0.2, 0.25) is 0 Å². The molecule has 2 aliphatic rings. The van der Waals surface area contributed by atoms with E-state index in [0.29, 0.717) is 18.0 Å². The van der Waals surface area contributed by atoms with Gasteiger partial charge in [0, 0.05) is 18.1 Å². The van der Waals surface area contributed by atoms with Gasteiger partial charge in [0.1, 0.15) is 5.60 Å². The molecule has 4 heteroatoms. The average Bonchev–Trinajstić information content (AvgIpc) is 3.35. The van der Waals surface area contributed by atoms with E-state index in [2.05, 4.69) is 54.0 Å². The maximum atomic E-state index is 11.9. The Bertz CT molecular complexity index is 655. The van der Waals surface area contributed by atoms with E-state index in [0.717, 1.165) is 25.7 Å². The second-order valence-corrected chi connectivity index (χ2v) is 9.11. The third-order valence-electron chi connectivity index (χ3n) is 5.47. The fourth-order valence-corrected chi connectivity index (χ4v) is 3.98. The van der Waals surface area contributed by atoms with E-state index in [1.165, 1.54) is 17.6 Å². The van der Waals surface area contributed by atoms with Crippen molar-refractivity contribution >= 4 is 12.2 Å². The van der Waals surface area contributed by atoms with Crippen LogP contribution in [0.4, 0.5) is 4.79 Å². The quantitative estimate of drug-likeness (QED) is 0.775. The summed E-state index contributed by atoms with van der Waals surface area (Å²) in [6.07, 6.45) is 7.54. The zero-order chi connectivity index (χ0) is 19.4. The first-order valence-electron chi connectivity index (χ1n) is 10.3. The lowest BCUT2D eigenvalue weighted by atomic mass is 9.91. The van der Waals surface area contributed by atoms with Crippen molar-refractivity contribution in [3.05, 3.63) is 41.5 Å². The smallest absolute Gasteiger partial charge is 0.407 e. The number of alkyl carbamates (subject to hydrolysis) is 1. The van der Waals surface area contributed by atoms with Gasteiger partial charge in [-0.25, -0.2) is 4.79 Å². The number of rotatable bonds is 5. The van der Waals surface area contributed by atoms with Gasteiger partial charge in [0.15, 0.2) is 0 Å². The van der Waals surface area contributed by atoms with E-state index in [4.69, 9.17) is 4.74 Å². The number of carbonyl (C=O) groups excluding carboxylic acids is 1. The van der Waals surface area contributed by atoms with Gasteiger partial charge in [0.25, 0.3) is 0 Å². The van der Waals surface area contributed by atoms with Crippen LogP contribution in [0.25, 0.3) is 6.08 Å². The third-order valence-corrected chi connectivity index (χ3v) is 5.47. The van der Waals surface area contributed by atoms with Crippen molar-refractivity contribution < 1.29 is 9.53 Å². The first kappa shape index (κ1) is 19.9. The van der Waals surface area contributed by atoms with Gasteiger partial charge >= 0.3 is 6.09 Å². The molecular formula is C23H34N2O2. The van der Waals surface area contributed by atoms with E-state index in [1.54, 1.807) is 0 Å². The van der Waals surface area contributed by atoms with Crippen LogP contribution in [0.15, 0.2) is 35.9 Å². The van der Waals surface area contributed by atoms with Gasteiger partial charge in [-0.05, 0) is 71.3 Å². The van der Waals surface area contributed by atoms with Crippen molar-refractivity contribution in [3.8, 4) is 0 Å². The molecule has 0 radical (unpaired) electrons. The van der Waals surface area contributed by atoms with Gasteiger partial charge < -0.3 is 15.4 Å². The molecule has 1 aromatic rings. The number of carbonyl (C=O) groups is 1. The largest absolute Gasteiger partial charge is 0.444 e. The summed E-state index contributed by atoms with van der Waals surface area (Å²) in [7, 11) is 0. The van der Waals surface area contributed by atoms with Crippen LogP contribution in [0.1, 0.15) is 65.4 Å². The highest BCUT2D eigenvalue weighted by atomic mass is 16.6. The summed E-state index contributed by atoms with van der Waals surface area (Å²) >= 11 is 0. The molecule has 2 N–H and O–H groups in total. The summed E-state index contributed by atoms with van der Waals surface area (Å²) in [5.41, 5.74) is 2.32. The fraction of sp³-hybridized carbons (Fsp3) is 0.609. The van der Waals surface area contributed by atoms with Crippen LogP contribution in [-0.2, 0) is 4.74 Å². The molecule has 1 aromatic carbocycles. The van der Waals surface area contributed by atoms with Crippen LogP contribution < -0.4 is 10.6 Å². The summed E-state index contributed by atoms with van der Waals surface area (Å²) in [5.74, 6) is 0.669. The lowest BCUT2D eigenvalue weighted by Gasteiger charge is -2.30. The second kappa shape index (κ2) is 8.47. The van der Waals surface area contributed by atoms with E-state index in [-0.39, 0.29) is 12.1 Å². The van der Waals surface area contributed by atoms with E-state index >= 15 is 0 Å². The fourth-order valence-electron chi connectivity index (χ4n) is 3.98. The third kappa shape index (κ3) is 6.39. The Morgan fingerprint density at radius 2 is 1.70 bits per heavy atom. The Hall–Kier alpha value is -1.81. The molecule has 0 aromatic heterocycles. The van der Waals surface area contributed by atoms with Gasteiger partial charge in [0.2, 0.25) is 0 Å². The van der Waals surface area contributed by atoms with Crippen molar-refractivity contribution in [2.45, 2.75) is 83.5 Å². The van der Waals surface area contributed by atoms with Crippen LogP contribution in [0, 0.1) is 5.92 Å². The highest BCUT2D eigenvalue weighted by Gasteiger charge is 2.39. The Balaban J connectivity index is 1.38. The molecule has 3 rings (SSSR count). The van der Waals surface area contributed by atoms with Gasteiger partial charge in [-0.2, -0.15) is 0 Å².